The second-order valence-electron chi connectivity index (χ2n) is 9.82. The van der Waals surface area contributed by atoms with Crippen molar-refractivity contribution >= 4 is 16.9 Å². The summed E-state index contributed by atoms with van der Waals surface area (Å²) in [6, 6.07) is 10.2. The topological polar surface area (TPSA) is 63.2 Å². The van der Waals surface area contributed by atoms with E-state index in [2.05, 4.69) is 62.4 Å². The predicted molar refractivity (Wildman–Crippen MR) is 113 cm³/mol. The number of hydrogen-bond donors (Lipinski definition) is 2. The normalized spacial score (nSPS) is 20.3. The van der Waals surface area contributed by atoms with Crippen LogP contribution in [0.4, 0.5) is 4.79 Å². The van der Waals surface area contributed by atoms with E-state index in [1.54, 1.807) is 0 Å². The maximum absolute atomic E-state index is 12.6. The van der Waals surface area contributed by atoms with Crippen molar-refractivity contribution in [3.8, 4) is 0 Å². The second-order valence-corrected chi connectivity index (χ2v) is 9.82. The summed E-state index contributed by atoms with van der Waals surface area (Å²) in [7, 11) is 0. The molecule has 1 aromatic carbocycles. The van der Waals surface area contributed by atoms with Gasteiger partial charge in [-0.05, 0) is 49.8 Å². The highest BCUT2D eigenvalue weighted by molar-refractivity contribution is 5.81. The zero-order valence-electron chi connectivity index (χ0n) is 17.7. The molecule has 1 fully saturated rings. The minimum absolute atomic E-state index is 0.0114. The third-order valence-corrected chi connectivity index (χ3v) is 5.16. The summed E-state index contributed by atoms with van der Waals surface area (Å²) in [5, 5.41) is 7.46. The minimum Gasteiger partial charge on any atom is -0.379 e. The molecule has 3 rings (SSSR count). The van der Waals surface area contributed by atoms with Gasteiger partial charge in [-0.2, -0.15) is 0 Å². The lowest BCUT2D eigenvalue weighted by molar-refractivity contribution is 0.180. The summed E-state index contributed by atoms with van der Waals surface area (Å²) in [6.45, 7) is 11.9. The van der Waals surface area contributed by atoms with E-state index in [0.29, 0.717) is 13.2 Å². The average Bonchev–Trinajstić information content (AvgIpc) is 2.99. The Morgan fingerprint density at radius 3 is 2.64 bits per heavy atom. The Labute approximate surface area is 168 Å². The molecule has 1 aromatic heterocycles. The fraction of sp³-hybridized carbons (Fsp3) is 0.565. The van der Waals surface area contributed by atoms with Crippen LogP contribution in [0.2, 0.25) is 0 Å². The van der Waals surface area contributed by atoms with Gasteiger partial charge in [0, 0.05) is 23.0 Å². The zero-order valence-corrected chi connectivity index (χ0v) is 17.7. The number of amides is 2. The number of aromatic nitrogens is 1. The van der Waals surface area contributed by atoms with E-state index in [4.69, 9.17) is 4.74 Å². The van der Waals surface area contributed by atoms with E-state index in [1.165, 1.54) is 10.9 Å². The summed E-state index contributed by atoms with van der Waals surface area (Å²) in [5.41, 5.74) is 2.14. The number of nitrogens with one attached hydrogen (secondary N) is 2. The van der Waals surface area contributed by atoms with Gasteiger partial charge in [-0.3, -0.25) is 4.98 Å². The van der Waals surface area contributed by atoms with Crippen molar-refractivity contribution in [3.05, 3.63) is 42.1 Å². The Bertz CT molecular complexity index is 821. The van der Waals surface area contributed by atoms with Gasteiger partial charge in [0.15, 0.2) is 0 Å². The van der Waals surface area contributed by atoms with Crippen molar-refractivity contribution < 1.29 is 9.53 Å². The van der Waals surface area contributed by atoms with Gasteiger partial charge in [-0.1, -0.05) is 39.0 Å². The largest absolute Gasteiger partial charge is 0.379 e. The molecule has 2 amide bonds. The third-order valence-electron chi connectivity index (χ3n) is 5.16. The molecule has 1 aliphatic rings. The first-order chi connectivity index (χ1) is 13.1. The van der Waals surface area contributed by atoms with Gasteiger partial charge in [0.05, 0.1) is 24.8 Å². The molecule has 5 nitrogen and oxygen atoms in total. The maximum Gasteiger partial charge on any atom is 0.315 e. The van der Waals surface area contributed by atoms with Gasteiger partial charge in [0.25, 0.3) is 0 Å². The lowest BCUT2D eigenvalue weighted by Crippen LogP contribution is -2.53. The smallest absolute Gasteiger partial charge is 0.315 e. The summed E-state index contributed by atoms with van der Waals surface area (Å²) < 4.78 is 5.71. The number of benzene rings is 1. The van der Waals surface area contributed by atoms with Crippen molar-refractivity contribution in [2.75, 3.05) is 13.2 Å². The quantitative estimate of drug-likeness (QED) is 0.809. The molecule has 2 atom stereocenters. The fourth-order valence-corrected chi connectivity index (χ4v) is 4.46. The van der Waals surface area contributed by atoms with Crippen LogP contribution in [0, 0.1) is 11.3 Å². The molecule has 2 N–H and O–H groups in total. The van der Waals surface area contributed by atoms with Crippen LogP contribution in [0.25, 0.3) is 10.9 Å². The maximum atomic E-state index is 12.6. The number of rotatable bonds is 5. The third kappa shape index (κ3) is 5.44. The van der Waals surface area contributed by atoms with Crippen LogP contribution in [-0.2, 0) is 11.2 Å². The van der Waals surface area contributed by atoms with Crippen LogP contribution in [0.3, 0.4) is 0 Å². The van der Waals surface area contributed by atoms with Crippen molar-refractivity contribution in [1.29, 1.82) is 0 Å². The van der Waals surface area contributed by atoms with E-state index < -0.39 is 0 Å². The van der Waals surface area contributed by atoms with E-state index in [-0.39, 0.29) is 28.9 Å². The number of pyridine rings is 1. The van der Waals surface area contributed by atoms with Crippen molar-refractivity contribution in [1.82, 2.24) is 15.6 Å². The summed E-state index contributed by atoms with van der Waals surface area (Å²) in [6.07, 6.45) is 3.62. The summed E-state index contributed by atoms with van der Waals surface area (Å²) >= 11 is 0. The van der Waals surface area contributed by atoms with Crippen molar-refractivity contribution in [2.24, 2.45) is 11.3 Å². The Morgan fingerprint density at radius 1 is 1.14 bits per heavy atom. The molecule has 0 radical (unpaired) electrons. The Kier molecular flexibility index (Phi) is 5.94. The highest BCUT2D eigenvalue weighted by Crippen LogP contribution is 2.27. The van der Waals surface area contributed by atoms with Gasteiger partial charge in [0.1, 0.15) is 0 Å². The molecule has 2 heterocycles. The average molecular weight is 384 g/mol. The number of nitrogens with zero attached hydrogens (tertiary/aromatic N) is 1. The molecule has 28 heavy (non-hydrogen) atoms. The van der Waals surface area contributed by atoms with Crippen LogP contribution in [0.5, 0.6) is 0 Å². The van der Waals surface area contributed by atoms with Crippen LogP contribution >= 0.6 is 0 Å². The van der Waals surface area contributed by atoms with E-state index in [9.17, 15) is 4.79 Å². The molecule has 0 bridgehead atoms. The van der Waals surface area contributed by atoms with E-state index in [1.807, 2.05) is 24.4 Å². The molecule has 152 valence electrons. The number of fused-ring (bicyclic) bond motifs is 1. The minimum atomic E-state index is -0.265. The number of hydrogen-bond acceptors (Lipinski definition) is 3. The SMILES string of the molecule is CC(C)(C)CC(C)(C)NC(=O)N[C@H]1COC[C@H]1Cc1ccnc2ccccc12. The summed E-state index contributed by atoms with van der Waals surface area (Å²) in [4.78, 5) is 17.1. The first-order valence-electron chi connectivity index (χ1n) is 10.1. The van der Waals surface area contributed by atoms with Crippen molar-refractivity contribution in [3.63, 3.8) is 0 Å². The number of ether oxygens (including phenoxy) is 1. The predicted octanol–water partition coefficient (Wildman–Crippen LogP) is 4.31. The summed E-state index contributed by atoms with van der Waals surface area (Å²) in [5.74, 6) is 0.252. The lowest BCUT2D eigenvalue weighted by Gasteiger charge is -2.34. The van der Waals surface area contributed by atoms with Gasteiger partial charge in [0.2, 0.25) is 0 Å². The standard InChI is InChI=1S/C23H33N3O2/c1-22(2,3)15-23(4,5)26-21(27)25-20-14-28-13-17(20)12-16-10-11-24-19-9-7-6-8-18(16)19/h6-11,17,20H,12-15H2,1-5H3,(H2,25,26,27)/t17-,20+/m1/s1. The van der Waals surface area contributed by atoms with E-state index >= 15 is 0 Å². The molecule has 2 aromatic rings. The molecule has 0 spiro atoms. The lowest BCUT2D eigenvalue weighted by atomic mass is 9.82. The second kappa shape index (κ2) is 8.08. The zero-order chi connectivity index (χ0) is 20.4. The molecule has 1 aliphatic heterocycles. The monoisotopic (exact) mass is 383 g/mol. The fourth-order valence-electron chi connectivity index (χ4n) is 4.46. The van der Waals surface area contributed by atoms with Crippen LogP contribution in [0.1, 0.15) is 46.6 Å². The molecular formula is C23H33N3O2. The van der Waals surface area contributed by atoms with Gasteiger partial charge < -0.3 is 15.4 Å². The van der Waals surface area contributed by atoms with Crippen LogP contribution < -0.4 is 10.6 Å². The van der Waals surface area contributed by atoms with Crippen LogP contribution in [0.15, 0.2) is 36.5 Å². The molecule has 0 aliphatic carbocycles. The van der Waals surface area contributed by atoms with Crippen LogP contribution in [-0.4, -0.2) is 35.8 Å². The Morgan fingerprint density at radius 2 is 1.89 bits per heavy atom. The number of carbonyl (C=O) groups is 1. The first kappa shape index (κ1) is 20.6. The Balaban J connectivity index is 1.64. The Hall–Kier alpha value is -2.14. The molecular weight excluding hydrogens is 350 g/mol. The number of para-hydroxylation sites is 1. The number of urea groups is 1. The number of carbonyl (C=O) groups excluding carboxylic acids is 1. The highest BCUT2D eigenvalue weighted by Gasteiger charge is 2.32. The van der Waals surface area contributed by atoms with E-state index in [0.717, 1.165) is 18.4 Å². The van der Waals surface area contributed by atoms with Gasteiger partial charge >= 0.3 is 6.03 Å². The van der Waals surface area contributed by atoms with Gasteiger partial charge in [-0.25, -0.2) is 4.79 Å². The molecule has 0 saturated carbocycles. The molecule has 1 saturated heterocycles. The first-order valence-corrected chi connectivity index (χ1v) is 10.1. The molecule has 5 heteroatoms. The highest BCUT2D eigenvalue weighted by atomic mass is 16.5. The van der Waals surface area contributed by atoms with Crippen molar-refractivity contribution in [2.45, 2.75) is 59.0 Å². The molecule has 0 unspecified atom stereocenters. The van der Waals surface area contributed by atoms with Gasteiger partial charge in [-0.15, -0.1) is 0 Å².